The van der Waals surface area contributed by atoms with Gasteiger partial charge in [0.2, 0.25) is 0 Å². The summed E-state index contributed by atoms with van der Waals surface area (Å²) in [4.78, 5) is 38.9. The summed E-state index contributed by atoms with van der Waals surface area (Å²) in [6.07, 6.45) is 6.89. The van der Waals surface area contributed by atoms with E-state index in [4.69, 9.17) is 5.10 Å². The lowest BCUT2D eigenvalue weighted by Gasteiger charge is -2.39. The number of para-hydroxylation sites is 3. The molecule has 8 nitrogen and oxygen atoms in total. The number of rotatable bonds is 8. The Morgan fingerprint density at radius 1 is 0.961 bits per heavy atom. The minimum absolute atomic E-state index is 0.0654. The van der Waals surface area contributed by atoms with Gasteiger partial charge in [-0.1, -0.05) is 98.3 Å². The maximum atomic E-state index is 15.7. The summed E-state index contributed by atoms with van der Waals surface area (Å²) in [5, 5.41) is 17.8. The zero-order valence-electron chi connectivity index (χ0n) is 28.5. The van der Waals surface area contributed by atoms with Gasteiger partial charge in [-0.2, -0.15) is 10.4 Å². The summed E-state index contributed by atoms with van der Waals surface area (Å²) in [5.41, 5.74) is 3.17. The second kappa shape index (κ2) is 11.9. The van der Waals surface area contributed by atoms with E-state index in [-0.39, 0.29) is 11.7 Å². The number of carbonyl (C=O) groups excluding carboxylic acids is 2. The molecular weight excluding hydrogens is 633 g/mol. The van der Waals surface area contributed by atoms with Crippen LogP contribution in [0, 0.1) is 16.7 Å². The predicted molar refractivity (Wildman–Crippen MR) is 198 cm³/mol. The average Bonchev–Trinajstić information content (AvgIpc) is 4.00. The third kappa shape index (κ3) is 4.25. The molecule has 1 amide bonds. The molecule has 1 spiro atoms. The molecule has 2 saturated heterocycles. The molecular formula is C43H38N6O2. The Labute approximate surface area is 296 Å². The molecule has 4 atom stereocenters. The summed E-state index contributed by atoms with van der Waals surface area (Å²) in [6, 6.07) is 37.8. The highest BCUT2D eigenvalue weighted by Gasteiger charge is 2.77. The second-order valence-corrected chi connectivity index (χ2v) is 14.0. The number of amides is 1. The molecule has 0 radical (unpaired) electrons. The van der Waals surface area contributed by atoms with Crippen molar-refractivity contribution in [2.75, 3.05) is 18.0 Å². The van der Waals surface area contributed by atoms with Crippen LogP contribution in [0.5, 0.6) is 0 Å². The monoisotopic (exact) mass is 670 g/mol. The van der Waals surface area contributed by atoms with E-state index in [1.165, 1.54) is 0 Å². The number of aromatic nitrogens is 3. The van der Waals surface area contributed by atoms with E-state index in [9.17, 15) is 5.26 Å². The van der Waals surface area contributed by atoms with E-state index in [1.54, 1.807) is 6.20 Å². The smallest absolute Gasteiger partial charge is 0.252 e. The largest absolute Gasteiger partial charge is 0.360 e. The number of hydrogen-bond acceptors (Lipinski definition) is 5. The highest BCUT2D eigenvalue weighted by Crippen LogP contribution is 2.68. The summed E-state index contributed by atoms with van der Waals surface area (Å²) < 4.78 is 1.84. The van der Waals surface area contributed by atoms with E-state index >= 15 is 9.59 Å². The molecule has 8 heteroatoms. The van der Waals surface area contributed by atoms with Crippen LogP contribution in [0.15, 0.2) is 122 Å². The van der Waals surface area contributed by atoms with Gasteiger partial charge in [0.1, 0.15) is 11.0 Å². The Kier molecular flexibility index (Phi) is 7.30. The minimum Gasteiger partial charge on any atom is -0.360 e. The number of fused-ring (bicyclic) bond motifs is 5. The van der Waals surface area contributed by atoms with Crippen LogP contribution < -0.4 is 4.90 Å². The van der Waals surface area contributed by atoms with Crippen LogP contribution in [-0.2, 0) is 10.3 Å². The van der Waals surface area contributed by atoms with Crippen molar-refractivity contribution in [2.45, 2.75) is 50.1 Å². The number of nitrogens with one attached hydrogen (secondary N) is 1. The lowest BCUT2D eigenvalue weighted by atomic mass is 9.60. The molecule has 1 unspecified atom stereocenters. The van der Waals surface area contributed by atoms with Crippen molar-refractivity contribution >= 4 is 28.3 Å². The van der Waals surface area contributed by atoms with E-state index in [0.29, 0.717) is 30.8 Å². The fourth-order valence-electron chi connectivity index (χ4n) is 9.46. The van der Waals surface area contributed by atoms with Crippen molar-refractivity contribution in [3.05, 3.63) is 138 Å². The molecule has 6 aromatic rings. The number of unbranched alkanes of at least 4 members (excludes halogenated alkanes) is 1. The van der Waals surface area contributed by atoms with Crippen molar-refractivity contribution in [3.63, 3.8) is 0 Å². The second-order valence-electron chi connectivity index (χ2n) is 14.0. The van der Waals surface area contributed by atoms with E-state index < -0.39 is 22.9 Å². The third-order valence-corrected chi connectivity index (χ3v) is 11.5. The van der Waals surface area contributed by atoms with Gasteiger partial charge in [-0.15, -0.1) is 0 Å². The Morgan fingerprint density at radius 2 is 1.69 bits per heavy atom. The Balaban J connectivity index is 1.39. The van der Waals surface area contributed by atoms with Crippen LogP contribution in [0.2, 0.25) is 0 Å². The first-order chi connectivity index (χ1) is 25.1. The van der Waals surface area contributed by atoms with Gasteiger partial charge >= 0.3 is 0 Å². The number of nitriles is 1. The quantitative estimate of drug-likeness (QED) is 0.166. The predicted octanol–water partition coefficient (Wildman–Crippen LogP) is 8.02. The molecule has 5 heterocycles. The van der Waals surface area contributed by atoms with Crippen LogP contribution in [0.1, 0.15) is 60.0 Å². The number of hydrogen-bond donors (Lipinski definition) is 1. The van der Waals surface area contributed by atoms with Crippen molar-refractivity contribution in [3.8, 4) is 23.0 Å². The molecule has 1 N–H and O–H groups in total. The molecule has 0 bridgehead atoms. The zero-order valence-corrected chi connectivity index (χ0v) is 28.5. The van der Waals surface area contributed by atoms with Crippen molar-refractivity contribution in [1.29, 1.82) is 5.26 Å². The van der Waals surface area contributed by atoms with Crippen LogP contribution in [0.4, 0.5) is 5.69 Å². The number of H-pyrrole nitrogens is 1. The lowest BCUT2D eigenvalue weighted by molar-refractivity contribution is -0.129. The van der Waals surface area contributed by atoms with Gasteiger partial charge < -0.3 is 9.88 Å². The SMILES string of the molecule is CCCCN1C(=O)[C@]2(c3ccccc31)[C@H](c1cn(-c3ccccc3)nc1-c1ccccc1)[C@@](C#N)(C(=O)c1c[nH]c3ccccc13)C1CCCN12. The topological polar surface area (TPSA) is 98.0 Å². The minimum atomic E-state index is -1.63. The molecule has 9 rings (SSSR count). The Morgan fingerprint density at radius 3 is 2.47 bits per heavy atom. The van der Waals surface area contributed by atoms with Gasteiger partial charge in [0.25, 0.3) is 5.91 Å². The maximum Gasteiger partial charge on any atom is 0.252 e. The molecule has 3 aliphatic heterocycles. The zero-order chi connectivity index (χ0) is 34.7. The van der Waals surface area contributed by atoms with Crippen molar-refractivity contribution in [2.24, 2.45) is 5.41 Å². The maximum absolute atomic E-state index is 15.7. The molecule has 252 valence electrons. The van der Waals surface area contributed by atoms with Crippen molar-refractivity contribution in [1.82, 2.24) is 19.7 Å². The first-order valence-corrected chi connectivity index (χ1v) is 18.0. The molecule has 0 saturated carbocycles. The lowest BCUT2D eigenvalue weighted by Crippen LogP contribution is -2.53. The van der Waals surface area contributed by atoms with Crippen LogP contribution in [0.3, 0.4) is 0 Å². The number of carbonyl (C=O) groups is 2. The van der Waals surface area contributed by atoms with Gasteiger partial charge in [0, 0.05) is 69.7 Å². The summed E-state index contributed by atoms with van der Waals surface area (Å²) >= 11 is 0. The first-order valence-electron chi connectivity index (χ1n) is 18.0. The van der Waals surface area contributed by atoms with Crippen LogP contribution >= 0.6 is 0 Å². The highest BCUT2D eigenvalue weighted by molar-refractivity contribution is 6.16. The fourth-order valence-corrected chi connectivity index (χ4v) is 9.46. The van der Waals surface area contributed by atoms with Gasteiger partial charge in [-0.3, -0.25) is 14.5 Å². The average molecular weight is 671 g/mol. The molecule has 2 fully saturated rings. The molecule has 0 aliphatic carbocycles. The Bertz CT molecular complexity index is 2340. The summed E-state index contributed by atoms with van der Waals surface area (Å²) in [7, 11) is 0. The van der Waals surface area contributed by atoms with Gasteiger partial charge in [-0.25, -0.2) is 4.68 Å². The fraction of sp³-hybridized carbons (Fsp3) is 0.256. The van der Waals surface area contributed by atoms with Gasteiger partial charge in [-0.05, 0) is 50.1 Å². The number of Topliss-reactive ketones (excluding diaryl/α,β-unsaturated/α-hetero) is 1. The highest BCUT2D eigenvalue weighted by atomic mass is 16.2. The van der Waals surface area contributed by atoms with Crippen LogP contribution in [-0.4, -0.2) is 50.5 Å². The third-order valence-electron chi connectivity index (χ3n) is 11.5. The van der Waals surface area contributed by atoms with E-state index in [0.717, 1.165) is 58.2 Å². The van der Waals surface area contributed by atoms with Crippen LogP contribution in [0.25, 0.3) is 27.8 Å². The number of ketones is 1. The standard InChI is InChI=1S/C43H38N6O2/c1-2-3-24-47-36-22-13-11-20-34(36)43(41(47)51)39(33-27-49(30-17-8-5-9-18-30)46-38(33)29-15-6-4-7-16-29)42(28-44,37-23-14-25-48(37)43)40(50)32-26-45-35-21-12-10-19-31(32)35/h4-13,15-22,26-27,37,39,45H,2-3,14,23-25H2,1H3/t37?,39-,42+,43+/m1/s1. The van der Waals surface area contributed by atoms with Gasteiger partial charge in [0.05, 0.1) is 17.5 Å². The number of benzene rings is 4. The van der Waals surface area contributed by atoms with E-state index in [1.807, 2.05) is 119 Å². The van der Waals surface area contributed by atoms with E-state index in [2.05, 4.69) is 28.9 Å². The molecule has 2 aromatic heterocycles. The molecule has 3 aliphatic rings. The number of aromatic amines is 1. The summed E-state index contributed by atoms with van der Waals surface area (Å²) in [6.45, 7) is 3.28. The summed E-state index contributed by atoms with van der Waals surface area (Å²) in [5.74, 6) is -1.20. The number of anilines is 1. The molecule has 4 aromatic carbocycles. The van der Waals surface area contributed by atoms with Crippen molar-refractivity contribution < 1.29 is 9.59 Å². The first kappa shape index (κ1) is 31.2. The van der Waals surface area contributed by atoms with Gasteiger partial charge in [0.15, 0.2) is 5.78 Å². The molecule has 51 heavy (non-hydrogen) atoms. The normalized spacial score (nSPS) is 23.9. The Hall–Kier alpha value is -5.78. The number of nitrogens with zero attached hydrogens (tertiary/aromatic N) is 5.